The molecule has 0 spiro atoms. The van der Waals surface area contributed by atoms with E-state index in [0.29, 0.717) is 46.8 Å². The molecule has 3 aromatic rings. The van der Waals surface area contributed by atoms with Crippen LogP contribution in [0.4, 0.5) is 0 Å². The number of hydrogen-bond donors (Lipinski definition) is 0. The van der Waals surface area contributed by atoms with Crippen LogP contribution in [0.2, 0.25) is 10.0 Å². The molecule has 7 heteroatoms. The number of para-hydroxylation sites is 1. The number of ether oxygens (including phenoxy) is 1. The molecule has 0 unspecified atom stereocenters. The summed E-state index contributed by atoms with van der Waals surface area (Å²) in [7, 11) is 1.95. The molecule has 2 aromatic heterocycles. The van der Waals surface area contributed by atoms with Crippen molar-refractivity contribution in [3.63, 3.8) is 0 Å². The molecule has 0 bridgehead atoms. The Labute approximate surface area is 155 Å². The fourth-order valence-electron chi connectivity index (χ4n) is 2.44. The van der Waals surface area contributed by atoms with E-state index in [1.54, 1.807) is 24.4 Å². The normalized spacial score (nSPS) is 11.2. The summed E-state index contributed by atoms with van der Waals surface area (Å²) in [6, 6.07) is 12.3. The summed E-state index contributed by atoms with van der Waals surface area (Å²) in [6.07, 6.45) is 1.57. The van der Waals surface area contributed by atoms with Crippen LogP contribution in [0.15, 0.2) is 53.5 Å². The van der Waals surface area contributed by atoms with Gasteiger partial charge in [-0.1, -0.05) is 35.3 Å². The van der Waals surface area contributed by atoms with Crippen molar-refractivity contribution in [1.82, 2.24) is 14.3 Å². The van der Waals surface area contributed by atoms with Crippen molar-refractivity contribution in [3.05, 3.63) is 74.8 Å². The van der Waals surface area contributed by atoms with Gasteiger partial charge in [-0.2, -0.15) is 0 Å². The number of benzene rings is 1. The number of halogens is 2. The molecular weight excluding hydrogens is 361 g/mol. The topological polar surface area (TPSA) is 46.8 Å². The molecule has 130 valence electrons. The highest BCUT2D eigenvalue weighted by molar-refractivity contribution is 6.32. The lowest BCUT2D eigenvalue weighted by Gasteiger charge is -2.17. The third kappa shape index (κ3) is 4.51. The quantitative estimate of drug-likeness (QED) is 0.659. The molecule has 0 fully saturated rings. The molecule has 0 saturated heterocycles. The van der Waals surface area contributed by atoms with Gasteiger partial charge in [0.2, 0.25) is 0 Å². The minimum absolute atomic E-state index is 0.150. The molecule has 0 N–H and O–H groups in total. The Bertz CT molecular complexity index is 943. The SMILES string of the molecule is CN(CCOc1ccccc1Cl)Cc1cc(=O)n2cc(Cl)ccc2n1. The van der Waals surface area contributed by atoms with Gasteiger partial charge in [0.25, 0.3) is 5.56 Å². The third-order valence-electron chi connectivity index (χ3n) is 3.68. The summed E-state index contributed by atoms with van der Waals surface area (Å²) in [5, 5.41) is 1.09. The van der Waals surface area contributed by atoms with Gasteiger partial charge in [-0.25, -0.2) is 4.98 Å². The van der Waals surface area contributed by atoms with E-state index in [9.17, 15) is 4.79 Å². The van der Waals surface area contributed by atoms with E-state index in [0.717, 1.165) is 0 Å². The van der Waals surface area contributed by atoms with E-state index in [1.165, 1.54) is 10.5 Å². The monoisotopic (exact) mass is 377 g/mol. The van der Waals surface area contributed by atoms with Crippen molar-refractivity contribution in [3.8, 4) is 5.75 Å². The van der Waals surface area contributed by atoms with Crippen LogP contribution in [0, 0.1) is 0 Å². The van der Waals surface area contributed by atoms with Crippen molar-refractivity contribution >= 4 is 28.8 Å². The first kappa shape index (κ1) is 17.7. The zero-order chi connectivity index (χ0) is 17.8. The Morgan fingerprint density at radius 1 is 1.20 bits per heavy atom. The fraction of sp³-hybridized carbons (Fsp3) is 0.222. The minimum Gasteiger partial charge on any atom is -0.491 e. The van der Waals surface area contributed by atoms with Crippen molar-refractivity contribution in [2.75, 3.05) is 20.2 Å². The lowest BCUT2D eigenvalue weighted by atomic mass is 10.3. The van der Waals surface area contributed by atoms with Gasteiger partial charge in [-0.3, -0.25) is 14.1 Å². The number of likely N-dealkylation sites (N-methyl/N-ethyl adjacent to an activating group) is 1. The molecule has 1 aromatic carbocycles. The number of hydrogen-bond acceptors (Lipinski definition) is 4. The highest BCUT2D eigenvalue weighted by Gasteiger charge is 2.07. The Kier molecular flexibility index (Phi) is 5.58. The minimum atomic E-state index is -0.150. The predicted molar refractivity (Wildman–Crippen MR) is 99.8 cm³/mol. The van der Waals surface area contributed by atoms with Crippen LogP contribution in [0.25, 0.3) is 5.65 Å². The van der Waals surface area contributed by atoms with Gasteiger partial charge in [0, 0.05) is 25.4 Å². The summed E-state index contributed by atoms with van der Waals surface area (Å²) in [4.78, 5) is 18.7. The number of fused-ring (bicyclic) bond motifs is 1. The second-order valence-corrected chi connectivity index (χ2v) is 6.52. The maximum absolute atomic E-state index is 12.2. The van der Waals surface area contributed by atoms with E-state index in [-0.39, 0.29) is 5.56 Å². The summed E-state index contributed by atoms with van der Waals surface area (Å²) in [6.45, 7) is 1.70. The zero-order valence-electron chi connectivity index (χ0n) is 13.7. The average Bonchev–Trinajstić information content (AvgIpc) is 2.57. The molecule has 0 amide bonds. The van der Waals surface area contributed by atoms with Crippen LogP contribution in [0.5, 0.6) is 5.75 Å². The highest BCUT2D eigenvalue weighted by atomic mass is 35.5. The second-order valence-electron chi connectivity index (χ2n) is 5.68. The molecular formula is C18H17Cl2N3O2. The summed E-state index contributed by atoms with van der Waals surface area (Å²) < 4.78 is 7.11. The first-order chi connectivity index (χ1) is 12.0. The third-order valence-corrected chi connectivity index (χ3v) is 4.21. The maximum Gasteiger partial charge on any atom is 0.258 e. The van der Waals surface area contributed by atoms with Gasteiger partial charge >= 0.3 is 0 Å². The molecule has 25 heavy (non-hydrogen) atoms. The lowest BCUT2D eigenvalue weighted by Crippen LogP contribution is -2.26. The molecule has 0 aliphatic carbocycles. The van der Waals surface area contributed by atoms with E-state index < -0.39 is 0 Å². The van der Waals surface area contributed by atoms with Crippen LogP contribution >= 0.6 is 23.2 Å². The van der Waals surface area contributed by atoms with Gasteiger partial charge in [0.1, 0.15) is 18.0 Å². The van der Waals surface area contributed by atoms with Crippen LogP contribution in [-0.4, -0.2) is 34.5 Å². The summed E-state index contributed by atoms with van der Waals surface area (Å²) in [5.41, 5.74) is 1.13. The smallest absolute Gasteiger partial charge is 0.258 e. The number of aromatic nitrogens is 2. The Balaban J connectivity index is 1.62. The largest absolute Gasteiger partial charge is 0.491 e. The van der Waals surface area contributed by atoms with Crippen molar-refractivity contribution in [2.24, 2.45) is 0 Å². The molecule has 2 heterocycles. The van der Waals surface area contributed by atoms with E-state index in [4.69, 9.17) is 27.9 Å². The molecule has 0 aliphatic rings. The van der Waals surface area contributed by atoms with Gasteiger partial charge in [0.05, 0.1) is 15.7 Å². The first-order valence-corrected chi connectivity index (χ1v) is 8.52. The Hall–Kier alpha value is -2.08. The highest BCUT2D eigenvalue weighted by Crippen LogP contribution is 2.22. The van der Waals surface area contributed by atoms with Gasteiger partial charge in [-0.05, 0) is 31.3 Å². The molecule has 0 saturated carbocycles. The molecule has 3 rings (SSSR count). The van der Waals surface area contributed by atoms with Crippen molar-refractivity contribution in [1.29, 1.82) is 0 Å². The van der Waals surface area contributed by atoms with Crippen LogP contribution in [0.3, 0.4) is 0 Å². The van der Waals surface area contributed by atoms with Crippen molar-refractivity contribution in [2.45, 2.75) is 6.54 Å². The van der Waals surface area contributed by atoms with Gasteiger partial charge in [0.15, 0.2) is 0 Å². The average molecular weight is 378 g/mol. The van der Waals surface area contributed by atoms with Crippen molar-refractivity contribution < 1.29 is 4.74 Å². The van der Waals surface area contributed by atoms with Crippen LogP contribution < -0.4 is 10.3 Å². The summed E-state index contributed by atoms with van der Waals surface area (Å²) in [5.74, 6) is 0.663. The molecule has 0 radical (unpaired) electrons. The Morgan fingerprint density at radius 2 is 2.00 bits per heavy atom. The van der Waals surface area contributed by atoms with Crippen LogP contribution in [-0.2, 0) is 6.54 Å². The lowest BCUT2D eigenvalue weighted by molar-refractivity contribution is 0.231. The van der Waals surface area contributed by atoms with E-state index in [1.807, 2.05) is 30.1 Å². The zero-order valence-corrected chi connectivity index (χ0v) is 15.2. The van der Waals surface area contributed by atoms with E-state index in [2.05, 4.69) is 4.98 Å². The number of nitrogens with zero attached hydrogens (tertiary/aromatic N) is 3. The standard InChI is InChI=1S/C18H17Cl2N3O2/c1-22(8-9-25-16-5-3-2-4-15(16)20)12-14-10-18(24)23-11-13(19)6-7-17(23)21-14/h2-7,10-11H,8-9,12H2,1H3. The predicted octanol–water partition coefficient (Wildman–Crippen LogP) is 3.51. The Morgan fingerprint density at radius 3 is 2.80 bits per heavy atom. The number of rotatable bonds is 6. The first-order valence-electron chi connectivity index (χ1n) is 7.76. The fourth-order valence-corrected chi connectivity index (χ4v) is 2.79. The molecule has 0 aliphatic heterocycles. The van der Waals surface area contributed by atoms with E-state index >= 15 is 0 Å². The second kappa shape index (κ2) is 7.87. The van der Waals surface area contributed by atoms with Crippen LogP contribution in [0.1, 0.15) is 5.69 Å². The van der Waals surface area contributed by atoms with Gasteiger partial charge in [-0.15, -0.1) is 0 Å². The summed E-state index contributed by atoms with van der Waals surface area (Å²) >= 11 is 12.0. The maximum atomic E-state index is 12.2. The number of pyridine rings is 1. The molecule has 0 atom stereocenters. The van der Waals surface area contributed by atoms with Gasteiger partial charge < -0.3 is 4.74 Å². The molecule has 5 nitrogen and oxygen atoms in total.